The number of phenolic OH excluding ortho intramolecular Hbond substituents is 2. The number of nitrogen functional groups attached to an aromatic ring is 1. The van der Waals surface area contributed by atoms with Crippen molar-refractivity contribution in [3.8, 4) is 17.6 Å². The van der Waals surface area contributed by atoms with Gasteiger partial charge in [0.25, 0.3) is 5.91 Å². The number of hydrogen-bond donors (Lipinski definition) is 4. The van der Waals surface area contributed by atoms with Crippen molar-refractivity contribution in [1.29, 1.82) is 5.26 Å². The molecular weight excluding hydrogens is 284 g/mol. The van der Waals surface area contributed by atoms with Crippen LogP contribution in [0.3, 0.4) is 0 Å². The number of aromatic hydroxyl groups is 2. The minimum atomic E-state index is -0.476. The minimum Gasteiger partial charge on any atom is -0.504 e. The summed E-state index contributed by atoms with van der Waals surface area (Å²) in [4.78, 5) is 13.9. The number of phenols is 2. The molecule has 0 unspecified atom stereocenters. The minimum absolute atomic E-state index is 0.0935. The zero-order chi connectivity index (χ0) is 16.9. The Kier molecular flexibility index (Phi) is 5.64. The predicted octanol–water partition coefficient (Wildman–Crippen LogP) is 1.13. The highest BCUT2D eigenvalue weighted by molar-refractivity contribution is 6.04. The summed E-state index contributed by atoms with van der Waals surface area (Å²) in [5.74, 6) is -1.42. The standard InChI is InChI=1S/C15H20N4O3/c1-3-5-19(4-2)15(22)10(8-16)13(18)9-6-11(17)14(21)12(20)7-9/h6-7,20-21H,3-5,17-18H2,1-2H3/b13-10-. The second-order valence-corrected chi connectivity index (χ2v) is 4.72. The first-order chi connectivity index (χ1) is 10.4. The molecule has 0 radical (unpaired) electrons. The highest BCUT2D eigenvalue weighted by atomic mass is 16.3. The van der Waals surface area contributed by atoms with Crippen LogP contribution in [0.5, 0.6) is 11.5 Å². The lowest BCUT2D eigenvalue weighted by atomic mass is 10.0. The number of carbonyl (C=O) groups is 1. The van der Waals surface area contributed by atoms with E-state index in [2.05, 4.69) is 0 Å². The molecule has 0 fully saturated rings. The first-order valence-corrected chi connectivity index (χ1v) is 6.88. The summed E-state index contributed by atoms with van der Waals surface area (Å²) >= 11 is 0. The van der Waals surface area contributed by atoms with Gasteiger partial charge in [0.15, 0.2) is 11.5 Å². The zero-order valence-electron chi connectivity index (χ0n) is 12.6. The quantitative estimate of drug-likeness (QED) is 0.278. The maximum Gasteiger partial charge on any atom is 0.266 e. The normalized spacial score (nSPS) is 11.5. The van der Waals surface area contributed by atoms with Crippen molar-refractivity contribution in [2.45, 2.75) is 20.3 Å². The van der Waals surface area contributed by atoms with E-state index < -0.39 is 17.4 Å². The van der Waals surface area contributed by atoms with E-state index in [1.54, 1.807) is 6.07 Å². The SMILES string of the molecule is CCCN(CC)C(=O)/C(C#N)=C(\N)c1cc(N)c(O)c(O)c1. The fourth-order valence-corrected chi connectivity index (χ4v) is 2.00. The Balaban J connectivity index is 3.34. The van der Waals surface area contributed by atoms with Crippen LogP contribution in [0.1, 0.15) is 25.8 Å². The summed E-state index contributed by atoms with van der Waals surface area (Å²) in [5.41, 5.74) is 11.2. The van der Waals surface area contributed by atoms with Crippen LogP contribution in [0.25, 0.3) is 5.70 Å². The molecule has 22 heavy (non-hydrogen) atoms. The van der Waals surface area contributed by atoms with Crippen LogP contribution >= 0.6 is 0 Å². The van der Waals surface area contributed by atoms with Gasteiger partial charge >= 0.3 is 0 Å². The molecule has 0 spiro atoms. The fraction of sp³-hybridized carbons (Fsp3) is 0.333. The van der Waals surface area contributed by atoms with Crippen molar-refractivity contribution in [2.24, 2.45) is 5.73 Å². The molecule has 0 heterocycles. The van der Waals surface area contributed by atoms with E-state index in [4.69, 9.17) is 11.5 Å². The topological polar surface area (TPSA) is 137 Å². The molecule has 7 heteroatoms. The van der Waals surface area contributed by atoms with Gasteiger partial charge in [0.05, 0.1) is 11.4 Å². The summed E-state index contributed by atoms with van der Waals surface area (Å²) in [5, 5.41) is 28.3. The molecule has 1 rings (SSSR count). The van der Waals surface area contributed by atoms with Crippen molar-refractivity contribution in [2.75, 3.05) is 18.8 Å². The van der Waals surface area contributed by atoms with Crippen LogP contribution in [0.2, 0.25) is 0 Å². The number of likely N-dealkylation sites (N-methyl/N-ethyl adjacent to an activating group) is 1. The molecule has 0 saturated carbocycles. The first-order valence-electron chi connectivity index (χ1n) is 6.88. The molecule has 0 aliphatic heterocycles. The van der Waals surface area contributed by atoms with Gasteiger partial charge in [0.1, 0.15) is 11.6 Å². The molecule has 0 aliphatic carbocycles. The molecule has 1 aromatic rings. The Morgan fingerprint density at radius 3 is 2.45 bits per heavy atom. The average molecular weight is 304 g/mol. The molecule has 0 aliphatic rings. The Morgan fingerprint density at radius 1 is 1.36 bits per heavy atom. The summed E-state index contributed by atoms with van der Waals surface area (Å²) < 4.78 is 0. The van der Waals surface area contributed by atoms with Gasteiger partial charge in [-0.05, 0) is 25.5 Å². The van der Waals surface area contributed by atoms with E-state index in [-0.39, 0.29) is 22.5 Å². The van der Waals surface area contributed by atoms with Crippen molar-refractivity contribution >= 4 is 17.3 Å². The Labute approximate surface area is 129 Å². The van der Waals surface area contributed by atoms with E-state index in [0.29, 0.717) is 13.1 Å². The average Bonchev–Trinajstić information content (AvgIpc) is 2.50. The summed E-state index contributed by atoms with van der Waals surface area (Å²) in [6, 6.07) is 4.26. The smallest absolute Gasteiger partial charge is 0.266 e. The van der Waals surface area contributed by atoms with Crippen molar-refractivity contribution in [3.05, 3.63) is 23.3 Å². The van der Waals surface area contributed by atoms with E-state index in [1.165, 1.54) is 11.0 Å². The van der Waals surface area contributed by atoms with Crippen LogP contribution in [0.4, 0.5) is 5.69 Å². The number of benzene rings is 1. The third kappa shape index (κ3) is 3.41. The second-order valence-electron chi connectivity index (χ2n) is 4.72. The molecule has 0 aromatic heterocycles. The number of hydrogen-bond acceptors (Lipinski definition) is 6. The lowest BCUT2D eigenvalue weighted by Crippen LogP contribution is -2.33. The molecule has 0 saturated heterocycles. The molecule has 1 aromatic carbocycles. The third-order valence-corrected chi connectivity index (χ3v) is 3.19. The first kappa shape index (κ1) is 17.2. The van der Waals surface area contributed by atoms with Crippen LogP contribution in [-0.2, 0) is 4.79 Å². The van der Waals surface area contributed by atoms with Crippen LogP contribution in [0, 0.1) is 11.3 Å². The van der Waals surface area contributed by atoms with Gasteiger partial charge < -0.3 is 26.6 Å². The van der Waals surface area contributed by atoms with Crippen molar-refractivity contribution in [1.82, 2.24) is 4.90 Å². The van der Waals surface area contributed by atoms with Gasteiger partial charge in [-0.25, -0.2) is 0 Å². The zero-order valence-corrected chi connectivity index (χ0v) is 12.6. The number of carbonyl (C=O) groups excluding carboxylic acids is 1. The number of rotatable bonds is 5. The predicted molar refractivity (Wildman–Crippen MR) is 83.4 cm³/mol. The second kappa shape index (κ2) is 7.22. The Bertz CT molecular complexity index is 624. The van der Waals surface area contributed by atoms with Gasteiger partial charge in [-0.2, -0.15) is 5.26 Å². The highest BCUT2D eigenvalue weighted by Crippen LogP contribution is 2.34. The number of nitrogens with two attached hydrogens (primary N) is 2. The van der Waals surface area contributed by atoms with Crippen molar-refractivity contribution in [3.63, 3.8) is 0 Å². The fourth-order valence-electron chi connectivity index (χ4n) is 2.00. The van der Waals surface area contributed by atoms with Crippen LogP contribution in [0.15, 0.2) is 17.7 Å². The molecular formula is C15H20N4O3. The summed E-state index contributed by atoms with van der Waals surface area (Å²) in [6.45, 7) is 4.70. The Morgan fingerprint density at radius 2 is 2.00 bits per heavy atom. The van der Waals surface area contributed by atoms with Gasteiger partial charge in [0.2, 0.25) is 0 Å². The molecule has 118 valence electrons. The van der Waals surface area contributed by atoms with Crippen molar-refractivity contribution < 1.29 is 15.0 Å². The molecule has 0 atom stereocenters. The molecule has 1 amide bonds. The van der Waals surface area contributed by atoms with Gasteiger partial charge in [-0.15, -0.1) is 0 Å². The third-order valence-electron chi connectivity index (χ3n) is 3.19. The number of anilines is 1. The number of nitrogens with zero attached hydrogens (tertiary/aromatic N) is 2. The molecule has 6 N–H and O–H groups in total. The van der Waals surface area contributed by atoms with E-state index >= 15 is 0 Å². The lowest BCUT2D eigenvalue weighted by molar-refractivity contribution is -0.126. The largest absolute Gasteiger partial charge is 0.504 e. The Hall–Kier alpha value is -2.88. The van der Waals surface area contributed by atoms with Gasteiger partial charge in [-0.1, -0.05) is 6.92 Å². The van der Waals surface area contributed by atoms with E-state index in [0.717, 1.165) is 12.5 Å². The van der Waals surface area contributed by atoms with E-state index in [1.807, 2.05) is 13.8 Å². The molecule has 7 nitrogen and oxygen atoms in total. The maximum atomic E-state index is 12.4. The summed E-state index contributed by atoms with van der Waals surface area (Å²) in [6.07, 6.45) is 0.755. The summed E-state index contributed by atoms with van der Waals surface area (Å²) in [7, 11) is 0. The van der Waals surface area contributed by atoms with Gasteiger partial charge in [-0.3, -0.25) is 4.79 Å². The van der Waals surface area contributed by atoms with Crippen LogP contribution < -0.4 is 11.5 Å². The van der Waals surface area contributed by atoms with Gasteiger partial charge in [0, 0.05) is 18.7 Å². The lowest BCUT2D eigenvalue weighted by Gasteiger charge is -2.20. The maximum absolute atomic E-state index is 12.4. The number of amides is 1. The number of nitriles is 1. The monoisotopic (exact) mass is 304 g/mol. The molecule has 0 bridgehead atoms. The van der Waals surface area contributed by atoms with E-state index in [9.17, 15) is 20.3 Å². The highest BCUT2D eigenvalue weighted by Gasteiger charge is 2.21. The van der Waals surface area contributed by atoms with Crippen LogP contribution in [-0.4, -0.2) is 34.1 Å².